The number of rotatable bonds is 4. The largest absolute Gasteiger partial charge is 0.495 e. The molecule has 0 unspecified atom stereocenters. The zero-order valence-electron chi connectivity index (χ0n) is 17.2. The van der Waals surface area contributed by atoms with Crippen molar-refractivity contribution in [3.8, 4) is 17.0 Å². The molecular weight excluding hydrogens is 362 g/mol. The number of aromatic nitrogens is 1. The van der Waals surface area contributed by atoms with E-state index in [1.807, 2.05) is 36.1 Å². The lowest BCUT2D eigenvalue weighted by molar-refractivity contribution is 0.0746. The molecule has 0 atom stereocenters. The van der Waals surface area contributed by atoms with Crippen molar-refractivity contribution in [2.75, 3.05) is 38.2 Å². The molecule has 2 heterocycles. The number of H-pyrrole nitrogens is 1. The van der Waals surface area contributed by atoms with Crippen molar-refractivity contribution in [3.05, 3.63) is 71.4 Å². The van der Waals surface area contributed by atoms with Crippen LogP contribution in [-0.4, -0.2) is 49.1 Å². The molecule has 0 aliphatic carbocycles. The van der Waals surface area contributed by atoms with Gasteiger partial charge in [0, 0.05) is 37.6 Å². The van der Waals surface area contributed by atoms with Gasteiger partial charge in [-0.25, -0.2) is 0 Å². The highest BCUT2D eigenvalue weighted by molar-refractivity contribution is 5.97. The number of carbonyl (C=O) groups is 1. The number of benzene rings is 2. The maximum Gasteiger partial charge on any atom is 0.255 e. The van der Waals surface area contributed by atoms with Crippen molar-refractivity contribution < 1.29 is 9.53 Å². The molecule has 1 amide bonds. The smallest absolute Gasteiger partial charge is 0.255 e. The number of carbonyl (C=O) groups excluding carboxylic acids is 1. The summed E-state index contributed by atoms with van der Waals surface area (Å²) in [6.45, 7) is 7.02. The number of nitrogens with one attached hydrogen (secondary N) is 1. The van der Waals surface area contributed by atoms with Crippen LogP contribution in [0.3, 0.4) is 0 Å². The normalized spacial score (nSPS) is 14.2. The Labute approximate surface area is 171 Å². The molecule has 0 bridgehead atoms. The Morgan fingerprint density at radius 3 is 2.34 bits per heavy atom. The standard InChI is InChI=1S/C24H27N3O2/c1-17-8-10-19(11-9-17)21-16-20(18(2)25-21)24(28)27-14-12-26(13-15-27)22-6-4-5-7-23(22)29-3/h4-11,16,25H,12-15H2,1-3H3. The van der Waals surface area contributed by atoms with E-state index >= 15 is 0 Å². The Kier molecular flexibility index (Phi) is 5.30. The zero-order chi connectivity index (χ0) is 20.4. The first-order chi connectivity index (χ1) is 14.1. The van der Waals surface area contributed by atoms with Crippen LogP contribution in [0.4, 0.5) is 5.69 Å². The van der Waals surface area contributed by atoms with Gasteiger partial charge in [-0.05, 0) is 37.6 Å². The molecule has 0 saturated carbocycles. The van der Waals surface area contributed by atoms with Gasteiger partial charge < -0.3 is 19.5 Å². The Morgan fingerprint density at radius 2 is 1.66 bits per heavy atom. The molecule has 1 N–H and O–H groups in total. The lowest BCUT2D eigenvalue weighted by Gasteiger charge is -2.36. The molecule has 150 valence electrons. The molecule has 5 nitrogen and oxygen atoms in total. The molecule has 1 aliphatic rings. The quantitative estimate of drug-likeness (QED) is 0.725. The fourth-order valence-corrected chi connectivity index (χ4v) is 3.88. The molecule has 5 heteroatoms. The summed E-state index contributed by atoms with van der Waals surface area (Å²) in [7, 11) is 1.69. The van der Waals surface area contributed by atoms with Crippen LogP contribution in [0.1, 0.15) is 21.6 Å². The monoisotopic (exact) mass is 389 g/mol. The molecule has 1 aliphatic heterocycles. The first-order valence-electron chi connectivity index (χ1n) is 10.0. The van der Waals surface area contributed by atoms with Gasteiger partial charge in [-0.1, -0.05) is 42.0 Å². The predicted octanol–water partition coefficient (Wildman–Crippen LogP) is 4.27. The first-order valence-corrected chi connectivity index (χ1v) is 10.0. The maximum atomic E-state index is 13.1. The summed E-state index contributed by atoms with van der Waals surface area (Å²) < 4.78 is 5.48. The number of hydrogen-bond acceptors (Lipinski definition) is 3. The van der Waals surface area contributed by atoms with Crippen LogP contribution < -0.4 is 9.64 Å². The number of nitrogens with zero attached hydrogens (tertiary/aromatic N) is 2. The lowest BCUT2D eigenvalue weighted by Crippen LogP contribution is -2.49. The maximum absolute atomic E-state index is 13.1. The van der Waals surface area contributed by atoms with Gasteiger partial charge >= 0.3 is 0 Å². The van der Waals surface area contributed by atoms with Crippen LogP contribution in [-0.2, 0) is 0 Å². The topological polar surface area (TPSA) is 48.6 Å². The van der Waals surface area contributed by atoms with Crippen LogP contribution in [0.25, 0.3) is 11.3 Å². The average Bonchev–Trinajstić information content (AvgIpc) is 3.15. The van der Waals surface area contributed by atoms with Crippen molar-refractivity contribution in [2.24, 2.45) is 0 Å². The van der Waals surface area contributed by atoms with Gasteiger partial charge in [-0.2, -0.15) is 0 Å². The second-order valence-electron chi connectivity index (χ2n) is 7.54. The van der Waals surface area contributed by atoms with E-state index in [0.717, 1.165) is 47.0 Å². The van der Waals surface area contributed by atoms with Gasteiger partial charge in [0.25, 0.3) is 5.91 Å². The number of ether oxygens (including phenoxy) is 1. The Bertz CT molecular complexity index is 999. The molecule has 3 aromatic rings. The molecule has 2 aromatic carbocycles. The van der Waals surface area contributed by atoms with E-state index in [-0.39, 0.29) is 5.91 Å². The third kappa shape index (κ3) is 3.86. The lowest BCUT2D eigenvalue weighted by atomic mass is 10.1. The highest BCUT2D eigenvalue weighted by atomic mass is 16.5. The number of piperazine rings is 1. The molecule has 1 fully saturated rings. The van der Waals surface area contributed by atoms with E-state index in [1.165, 1.54) is 5.56 Å². The molecule has 0 radical (unpaired) electrons. The van der Waals surface area contributed by atoms with E-state index in [1.54, 1.807) is 7.11 Å². The van der Waals surface area contributed by atoms with E-state index in [2.05, 4.69) is 47.1 Å². The number of aryl methyl sites for hydroxylation is 2. The Morgan fingerprint density at radius 1 is 0.966 bits per heavy atom. The van der Waals surface area contributed by atoms with Crippen molar-refractivity contribution in [2.45, 2.75) is 13.8 Å². The van der Waals surface area contributed by atoms with Crippen molar-refractivity contribution in [1.82, 2.24) is 9.88 Å². The number of amides is 1. The highest BCUT2D eigenvalue weighted by Gasteiger charge is 2.25. The van der Waals surface area contributed by atoms with Gasteiger partial charge in [-0.3, -0.25) is 4.79 Å². The van der Waals surface area contributed by atoms with Gasteiger partial charge in [0.15, 0.2) is 0 Å². The molecule has 4 rings (SSSR count). The van der Waals surface area contributed by atoms with E-state index < -0.39 is 0 Å². The summed E-state index contributed by atoms with van der Waals surface area (Å²) in [5, 5.41) is 0. The van der Waals surface area contributed by atoms with Crippen molar-refractivity contribution in [3.63, 3.8) is 0 Å². The minimum atomic E-state index is 0.0942. The second kappa shape index (κ2) is 8.03. The Balaban J connectivity index is 1.47. The molecule has 1 aromatic heterocycles. The van der Waals surface area contributed by atoms with Crippen LogP contribution in [0.15, 0.2) is 54.6 Å². The van der Waals surface area contributed by atoms with Crippen molar-refractivity contribution >= 4 is 11.6 Å². The summed E-state index contributed by atoms with van der Waals surface area (Å²) in [4.78, 5) is 20.8. The van der Waals surface area contributed by atoms with Gasteiger partial charge in [-0.15, -0.1) is 0 Å². The fourth-order valence-electron chi connectivity index (χ4n) is 3.88. The van der Waals surface area contributed by atoms with Crippen LogP contribution in [0.5, 0.6) is 5.75 Å². The SMILES string of the molecule is COc1ccccc1N1CCN(C(=O)c2cc(-c3ccc(C)cc3)[nH]c2C)CC1. The minimum Gasteiger partial charge on any atom is -0.495 e. The summed E-state index contributed by atoms with van der Waals surface area (Å²) in [6, 6.07) is 18.4. The van der Waals surface area contributed by atoms with Gasteiger partial charge in [0.2, 0.25) is 0 Å². The highest BCUT2D eigenvalue weighted by Crippen LogP contribution is 2.29. The fraction of sp³-hybridized carbons (Fsp3) is 0.292. The Hall–Kier alpha value is -3.21. The number of para-hydroxylation sites is 2. The van der Waals surface area contributed by atoms with Crippen LogP contribution in [0.2, 0.25) is 0 Å². The summed E-state index contributed by atoms with van der Waals surface area (Å²) in [5.41, 5.74) is 6.06. The third-order valence-electron chi connectivity index (χ3n) is 5.60. The number of hydrogen-bond donors (Lipinski definition) is 1. The summed E-state index contributed by atoms with van der Waals surface area (Å²) in [6.07, 6.45) is 0. The number of anilines is 1. The van der Waals surface area contributed by atoms with Gasteiger partial charge in [0.05, 0.1) is 18.4 Å². The number of aromatic amines is 1. The second-order valence-corrected chi connectivity index (χ2v) is 7.54. The number of methoxy groups -OCH3 is 1. The van der Waals surface area contributed by atoms with E-state index in [9.17, 15) is 4.79 Å². The van der Waals surface area contributed by atoms with Crippen LogP contribution >= 0.6 is 0 Å². The zero-order valence-corrected chi connectivity index (χ0v) is 17.2. The predicted molar refractivity (Wildman–Crippen MR) is 117 cm³/mol. The molecule has 29 heavy (non-hydrogen) atoms. The minimum absolute atomic E-state index is 0.0942. The van der Waals surface area contributed by atoms with E-state index in [4.69, 9.17) is 4.74 Å². The van der Waals surface area contributed by atoms with Gasteiger partial charge in [0.1, 0.15) is 5.75 Å². The molecule has 1 saturated heterocycles. The van der Waals surface area contributed by atoms with E-state index in [0.29, 0.717) is 13.1 Å². The molecular formula is C24H27N3O2. The summed E-state index contributed by atoms with van der Waals surface area (Å²) in [5.74, 6) is 0.966. The summed E-state index contributed by atoms with van der Waals surface area (Å²) >= 11 is 0. The molecule has 0 spiro atoms. The average molecular weight is 389 g/mol. The first kappa shape index (κ1) is 19.1. The third-order valence-corrected chi connectivity index (χ3v) is 5.60. The van der Waals surface area contributed by atoms with Crippen LogP contribution in [0, 0.1) is 13.8 Å². The van der Waals surface area contributed by atoms with Crippen molar-refractivity contribution in [1.29, 1.82) is 0 Å².